The molecule has 8 N–H and O–H groups in total. The minimum Gasteiger partial charge on any atom is -0.383 e. The number of alkyl halides is 1. The van der Waals surface area contributed by atoms with Crippen LogP contribution in [-0.4, -0.2) is 63.5 Å². The Morgan fingerprint density at radius 3 is 2.39 bits per heavy atom. The van der Waals surface area contributed by atoms with Gasteiger partial charge in [0.1, 0.15) is 6.61 Å². The molecular weight excluding hydrogens is 545 g/mol. The molecule has 0 amide bonds. The summed E-state index contributed by atoms with van der Waals surface area (Å²) in [5, 5.41) is 20.7. The van der Waals surface area contributed by atoms with Gasteiger partial charge in [0.05, 0.1) is 0 Å². The highest BCUT2D eigenvalue weighted by Gasteiger charge is 2.65. The van der Waals surface area contributed by atoms with E-state index in [2.05, 4.69) is 18.1 Å². The zero-order chi connectivity index (χ0) is 25.6. The highest BCUT2D eigenvalue weighted by atomic mass is 32.1. The van der Waals surface area contributed by atoms with E-state index in [1.165, 1.54) is 0 Å². The molecule has 0 spiro atoms. The molecule has 0 aromatic carbocycles. The first-order valence-corrected chi connectivity index (χ1v) is 12.8. The number of halogens is 2. The standard InChI is InChI=1S/C11H14F2N3O13P3S/c1-2-10(18)7(17)11(13,27-8(10)16-3-5(12)6(14)15-9(16)33)4-26-31(22,23)29-32(24,25)28-30(19,20)21/h1,3,7-8,17-18H,4H2,(H,22,23)(H,24,25)(H2,14,15,33)(H2,19,20,21). The van der Waals surface area contributed by atoms with Crippen LogP contribution in [0.4, 0.5) is 14.6 Å². The minimum absolute atomic E-state index is 0.469. The smallest absolute Gasteiger partial charge is 0.383 e. The Morgan fingerprint density at radius 2 is 1.88 bits per heavy atom. The van der Waals surface area contributed by atoms with Gasteiger partial charge in [-0.3, -0.25) is 9.09 Å². The molecule has 6 atom stereocenters. The van der Waals surface area contributed by atoms with E-state index in [-0.39, 0.29) is 0 Å². The normalized spacial score (nSPS) is 31.5. The number of rotatable bonds is 8. The largest absolute Gasteiger partial charge is 0.490 e. The van der Waals surface area contributed by atoms with E-state index in [9.17, 15) is 33.2 Å². The summed E-state index contributed by atoms with van der Waals surface area (Å²) >= 11 is 4.80. The summed E-state index contributed by atoms with van der Waals surface area (Å²) < 4.78 is 78.3. The molecule has 1 aromatic heterocycles. The Hall–Kier alpha value is -1.19. The van der Waals surface area contributed by atoms with Crippen LogP contribution < -0.4 is 5.73 Å². The molecule has 2 rings (SSSR count). The second kappa shape index (κ2) is 9.11. The number of nitrogen functional groups attached to an aromatic ring is 1. The van der Waals surface area contributed by atoms with Crippen LogP contribution in [0.2, 0.25) is 0 Å². The number of ether oxygens (including phenoxy) is 1. The van der Waals surface area contributed by atoms with Crippen LogP contribution in [-0.2, 0) is 31.6 Å². The van der Waals surface area contributed by atoms with E-state index in [4.69, 9.17) is 43.8 Å². The van der Waals surface area contributed by atoms with Crippen molar-refractivity contribution in [3.63, 3.8) is 0 Å². The quantitative estimate of drug-likeness (QED) is 0.121. The van der Waals surface area contributed by atoms with Gasteiger partial charge in [0, 0.05) is 6.20 Å². The van der Waals surface area contributed by atoms with Gasteiger partial charge in [-0.25, -0.2) is 22.5 Å². The molecule has 0 bridgehead atoms. The van der Waals surface area contributed by atoms with Gasteiger partial charge in [-0.1, -0.05) is 5.92 Å². The predicted octanol–water partition coefficient (Wildman–Crippen LogP) is -0.403. The zero-order valence-electron chi connectivity index (χ0n) is 15.5. The third-order valence-corrected chi connectivity index (χ3v) is 7.85. The van der Waals surface area contributed by atoms with Crippen molar-refractivity contribution in [3.05, 3.63) is 16.8 Å². The summed E-state index contributed by atoms with van der Waals surface area (Å²) in [5.74, 6) is -3.98. The number of aliphatic hydroxyl groups excluding tert-OH is 1. The molecule has 1 fully saturated rings. The first kappa shape index (κ1) is 28.1. The zero-order valence-corrected chi connectivity index (χ0v) is 19.0. The lowest BCUT2D eigenvalue weighted by Crippen LogP contribution is -2.50. The van der Waals surface area contributed by atoms with E-state index in [1.54, 1.807) is 5.92 Å². The monoisotopic (exact) mass is 559 g/mol. The van der Waals surface area contributed by atoms with E-state index in [1.807, 2.05) is 0 Å². The maximum absolute atomic E-state index is 15.3. The second-order valence-electron chi connectivity index (χ2n) is 6.16. The maximum Gasteiger partial charge on any atom is 0.490 e. The lowest BCUT2D eigenvalue weighted by atomic mass is 9.94. The van der Waals surface area contributed by atoms with Gasteiger partial charge in [0.25, 0.3) is 5.85 Å². The van der Waals surface area contributed by atoms with Gasteiger partial charge >= 0.3 is 23.5 Å². The van der Waals surface area contributed by atoms with Crippen molar-refractivity contribution in [1.82, 2.24) is 9.55 Å². The summed E-state index contributed by atoms with van der Waals surface area (Å²) in [4.78, 5) is 38.8. The Labute approximate surface area is 187 Å². The van der Waals surface area contributed by atoms with Gasteiger partial charge in [-0.05, 0) is 12.2 Å². The topological polar surface area (TPSA) is 253 Å². The maximum atomic E-state index is 15.3. The van der Waals surface area contributed by atoms with Crippen molar-refractivity contribution in [1.29, 1.82) is 0 Å². The van der Waals surface area contributed by atoms with E-state index >= 15 is 4.39 Å². The van der Waals surface area contributed by atoms with Gasteiger partial charge in [0.15, 0.2) is 24.0 Å². The molecular formula is C11H14F2N3O13P3S. The summed E-state index contributed by atoms with van der Waals surface area (Å²) in [6.45, 7) is -1.85. The first-order valence-electron chi connectivity index (χ1n) is 7.83. The Morgan fingerprint density at radius 1 is 1.30 bits per heavy atom. The van der Waals surface area contributed by atoms with Crippen LogP contribution in [0.1, 0.15) is 6.23 Å². The lowest BCUT2D eigenvalue weighted by molar-refractivity contribution is -0.204. The number of nitrogens with two attached hydrogens (primary N) is 1. The predicted molar refractivity (Wildman–Crippen MR) is 101 cm³/mol. The average molecular weight is 559 g/mol. The molecule has 6 unspecified atom stereocenters. The summed E-state index contributed by atoms with van der Waals surface area (Å²) in [6, 6.07) is 0. The number of terminal acetylenes is 1. The summed E-state index contributed by atoms with van der Waals surface area (Å²) in [5.41, 5.74) is 2.21. The van der Waals surface area contributed by atoms with Gasteiger partial charge in [-0.2, -0.15) is 13.6 Å². The number of nitrogens with zero attached hydrogens (tertiary/aromatic N) is 2. The summed E-state index contributed by atoms with van der Waals surface area (Å²) in [6.07, 6.45) is 0.636. The molecule has 1 aliphatic rings. The molecule has 186 valence electrons. The third kappa shape index (κ3) is 6.28. The van der Waals surface area contributed by atoms with Crippen molar-refractivity contribution < 1.29 is 70.1 Å². The Kier molecular flexibility index (Phi) is 7.75. The van der Waals surface area contributed by atoms with Crippen molar-refractivity contribution in [2.24, 2.45) is 0 Å². The Balaban J connectivity index is 2.31. The molecule has 0 aliphatic carbocycles. The molecule has 2 heterocycles. The SMILES string of the molecule is C#CC1(O)C(n2cc(F)c(N)nc2=S)OC(F)(COP(=O)(O)OP(=O)(O)OP(=O)(O)O)C1O. The molecule has 33 heavy (non-hydrogen) atoms. The van der Waals surface area contributed by atoms with Gasteiger partial charge < -0.3 is 40.3 Å². The van der Waals surface area contributed by atoms with Crippen LogP contribution in [0.25, 0.3) is 0 Å². The molecule has 16 nitrogen and oxygen atoms in total. The lowest BCUT2D eigenvalue weighted by Gasteiger charge is -2.27. The highest BCUT2D eigenvalue weighted by molar-refractivity contribution is 7.71. The molecule has 1 aliphatic heterocycles. The number of aromatic nitrogens is 2. The summed E-state index contributed by atoms with van der Waals surface area (Å²) in [7, 11) is -17.5. The number of hydrogen-bond acceptors (Lipinski definition) is 12. The van der Waals surface area contributed by atoms with E-state index in [0.29, 0.717) is 10.8 Å². The highest BCUT2D eigenvalue weighted by Crippen LogP contribution is 2.66. The van der Waals surface area contributed by atoms with Crippen molar-refractivity contribution >= 4 is 41.5 Å². The Bertz CT molecular complexity index is 1190. The molecule has 22 heteroatoms. The third-order valence-electron chi connectivity index (χ3n) is 3.77. The van der Waals surface area contributed by atoms with Crippen molar-refractivity contribution in [2.45, 2.75) is 23.8 Å². The van der Waals surface area contributed by atoms with Crippen molar-refractivity contribution in [3.8, 4) is 12.3 Å². The van der Waals surface area contributed by atoms with E-state index < -0.39 is 70.3 Å². The van der Waals surface area contributed by atoms with Gasteiger partial charge in [-0.15, -0.1) is 6.42 Å². The number of anilines is 1. The van der Waals surface area contributed by atoms with Crippen molar-refractivity contribution in [2.75, 3.05) is 12.3 Å². The fourth-order valence-corrected chi connectivity index (χ4v) is 5.71. The van der Waals surface area contributed by atoms with Gasteiger partial charge in [0.2, 0.25) is 10.4 Å². The first-order chi connectivity index (χ1) is 14.8. The van der Waals surface area contributed by atoms with Crippen LogP contribution in [0.15, 0.2) is 6.20 Å². The minimum atomic E-state index is -5.93. The number of phosphoric ester groups is 1. The fraction of sp³-hybridized carbons (Fsp3) is 0.455. The van der Waals surface area contributed by atoms with Crippen LogP contribution in [0, 0.1) is 22.9 Å². The van der Waals surface area contributed by atoms with Crippen LogP contribution >= 0.6 is 35.7 Å². The number of phosphoric acid groups is 3. The fourth-order valence-electron chi connectivity index (χ4n) is 2.43. The number of hydrogen-bond donors (Lipinski definition) is 7. The molecule has 1 saturated heterocycles. The van der Waals surface area contributed by atoms with Crippen LogP contribution in [0.3, 0.4) is 0 Å². The second-order valence-corrected chi connectivity index (χ2v) is 10.9. The number of aliphatic hydroxyl groups is 2. The average Bonchev–Trinajstić information content (AvgIpc) is 2.82. The molecule has 0 radical (unpaired) electrons. The molecule has 1 aromatic rings. The van der Waals surface area contributed by atoms with Crippen LogP contribution in [0.5, 0.6) is 0 Å². The molecule has 0 saturated carbocycles. The van der Waals surface area contributed by atoms with E-state index in [0.717, 1.165) is 0 Å².